The molecule has 0 spiro atoms. The minimum atomic E-state index is -0.0910. The van der Waals surface area contributed by atoms with Gasteiger partial charge in [-0.15, -0.1) is 0 Å². The van der Waals surface area contributed by atoms with Crippen LogP contribution in [-0.4, -0.2) is 18.4 Å². The summed E-state index contributed by atoms with van der Waals surface area (Å²) in [6.45, 7) is 14.0. The van der Waals surface area contributed by atoms with Crippen molar-refractivity contribution in [2.75, 3.05) is 0 Å². The molecule has 4 heteroatoms. The molecule has 15 rings (SSSR count). The molecule has 0 unspecified atom stereocenters. The van der Waals surface area contributed by atoms with Gasteiger partial charge in [0.1, 0.15) is 5.65 Å². The van der Waals surface area contributed by atoms with Crippen LogP contribution in [0.1, 0.15) is 52.7 Å². The molecular weight excluding hydrogens is 813 g/mol. The molecule has 0 saturated heterocycles. The van der Waals surface area contributed by atoms with E-state index in [-0.39, 0.29) is 10.8 Å². The van der Waals surface area contributed by atoms with E-state index in [0.717, 1.165) is 16.7 Å². The molecule has 0 N–H and O–H groups in total. The molecule has 0 atom stereocenters. The number of aromatic nitrogens is 4. The van der Waals surface area contributed by atoms with Crippen molar-refractivity contribution in [2.45, 2.75) is 52.4 Å². The molecule has 0 saturated carbocycles. The second-order valence-electron chi connectivity index (χ2n) is 21.2. The average molecular weight is 859 g/mol. The molecular formula is C63H46N4. The Balaban J connectivity index is 1.13. The molecule has 4 nitrogen and oxygen atoms in total. The summed E-state index contributed by atoms with van der Waals surface area (Å²) >= 11 is 0. The van der Waals surface area contributed by atoms with E-state index in [2.05, 4.69) is 225 Å². The first-order chi connectivity index (χ1) is 32.5. The topological polar surface area (TPSA) is 26.6 Å². The van der Waals surface area contributed by atoms with Crippen LogP contribution in [0, 0.1) is 0 Å². The monoisotopic (exact) mass is 858 g/mol. The molecule has 0 aliphatic rings. The number of nitrogens with zero attached hydrogens (tertiary/aromatic N) is 4. The highest BCUT2D eigenvalue weighted by molar-refractivity contribution is 6.35. The van der Waals surface area contributed by atoms with E-state index in [1.807, 2.05) is 0 Å². The highest BCUT2D eigenvalue weighted by Crippen LogP contribution is 2.50. The van der Waals surface area contributed by atoms with Gasteiger partial charge in [-0.05, 0) is 122 Å². The van der Waals surface area contributed by atoms with Gasteiger partial charge in [0, 0.05) is 59.7 Å². The molecule has 67 heavy (non-hydrogen) atoms. The van der Waals surface area contributed by atoms with E-state index in [4.69, 9.17) is 4.98 Å². The van der Waals surface area contributed by atoms with Gasteiger partial charge in [-0.2, -0.15) is 0 Å². The number of hydrogen-bond donors (Lipinski definition) is 0. The molecule has 0 amide bonds. The Morgan fingerprint density at radius 3 is 1.72 bits per heavy atom. The smallest absolute Gasteiger partial charge is 0.146 e. The minimum Gasteiger partial charge on any atom is -0.309 e. The zero-order chi connectivity index (χ0) is 44.8. The Bertz CT molecular complexity index is 4620. The highest BCUT2D eigenvalue weighted by Gasteiger charge is 2.29. The van der Waals surface area contributed by atoms with Crippen LogP contribution in [0.3, 0.4) is 0 Å². The third-order valence-electron chi connectivity index (χ3n) is 15.3. The number of rotatable bonds is 2. The van der Waals surface area contributed by atoms with E-state index >= 15 is 0 Å². The summed E-state index contributed by atoms with van der Waals surface area (Å²) in [5, 5.41) is 16.3. The van der Waals surface area contributed by atoms with Crippen LogP contribution in [-0.2, 0) is 10.8 Å². The predicted molar refractivity (Wildman–Crippen MR) is 286 cm³/mol. The second-order valence-corrected chi connectivity index (χ2v) is 21.2. The van der Waals surface area contributed by atoms with Gasteiger partial charge in [-0.3, -0.25) is 4.40 Å². The van der Waals surface area contributed by atoms with E-state index < -0.39 is 0 Å². The molecule has 0 bridgehead atoms. The Kier molecular flexibility index (Phi) is 6.94. The summed E-state index contributed by atoms with van der Waals surface area (Å²) in [4.78, 5) is 5.90. The quantitative estimate of drug-likeness (QED) is 0.170. The van der Waals surface area contributed by atoms with Crippen molar-refractivity contribution in [3.63, 3.8) is 0 Å². The lowest BCUT2D eigenvalue weighted by Crippen LogP contribution is -2.11. The fraction of sp³-hybridized carbons (Fsp3) is 0.127. The van der Waals surface area contributed by atoms with Crippen LogP contribution in [0.25, 0.3) is 137 Å². The van der Waals surface area contributed by atoms with E-state index in [1.54, 1.807) is 0 Å². The van der Waals surface area contributed by atoms with E-state index in [1.165, 1.54) is 131 Å². The van der Waals surface area contributed by atoms with Gasteiger partial charge in [0.2, 0.25) is 0 Å². The Labute approximate surface area is 386 Å². The summed E-state index contributed by atoms with van der Waals surface area (Å²) in [6.07, 6.45) is 0. The maximum atomic E-state index is 5.90. The first-order valence-corrected chi connectivity index (χ1v) is 23.7. The largest absolute Gasteiger partial charge is 0.309 e. The zero-order valence-corrected chi connectivity index (χ0v) is 38.5. The normalized spacial score (nSPS) is 13.2. The van der Waals surface area contributed by atoms with Crippen LogP contribution in [0.2, 0.25) is 0 Å². The summed E-state index contributed by atoms with van der Waals surface area (Å²) in [5.41, 5.74) is 16.7. The number of para-hydroxylation sites is 2. The lowest BCUT2D eigenvalue weighted by atomic mass is 9.83. The van der Waals surface area contributed by atoms with Crippen LogP contribution < -0.4 is 0 Å². The van der Waals surface area contributed by atoms with Crippen molar-refractivity contribution >= 4 is 120 Å². The lowest BCUT2D eigenvalue weighted by Gasteiger charge is -2.21. The molecule has 318 valence electrons. The molecule has 0 fully saturated rings. The summed E-state index contributed by atoms with van der Waals surface area (Å²) in [7, 11) is 0. The van der Waals surface area contributed by atoms with Crippen LogP contribution in [0.4, 0.5) is 0 Å². The fourth-order valence-corrected chi connectivity index (χ4v) is 12.1. The van der Waals surface area contributed by atoms with Crippen molar-refractivity contribution in [1.29, 1.82) is 0 Å². The minimum absolute atomic E-state index is 0.0282. The van der Waals surface area contributed by atoms with Gasteiger partial charge in [0.25, 0.3) is 0 Å². The van der Waals surface area contributed by atoms with Crippen molar-refractivity contribution in [2.24, 2.45) is 0 Å². The molecule has 0 aliphatic heterocycles. The van der Waals surface area contributed by atoms with Crippen LogP contribution in [0.5, 0.6) is 0 Å². The lowest BCUT2D eigenvalue weighted by molar-refractivity contribution is 0.591. The summed E-state index contributed by atoms with van der Waals surface area (Å²) < 4.78 is 7.48. The number of benzene rings is 9. The zero-order valence-electron chi connectivity index (χ0n) is 38.5. The van der Waals surface area contributed by atoms with E-state index in [9.17, 15) is 0 Å². The Hall–Kier alpha value is -7.95. The maximum Gasteiger partial charge on any atom is 0.146 e. The van der Waals surface area contributed by atoms with Gasteiger partial charge in [-0.25, -0.2) is 4.98 Å². The van der Waals surface area contributed by atoms with Crippen molar-refractivity contribution in [3.8, 4) is 16.8 Å². The van der Waals surface area contributed by atoms with Crippen LogP contribution >= 0.6 is 0 Å². The highest BCUT2D eigenvalue weighted by atomic mass is 15.0. The van der Waals surface area contributed by atoms with Gasteiger partial charge in [0.05, 0.1) is 44.1 Å². The summed E-state index contributed by atoms with van der Waals surface area (Å²) in [5.74, 6) is 0. The number of hydrogen-bond acceptors (Lipinski definition) is 1. The predicted octanol–water partition coefficient (Wildman–Crippen LogP) is 17.0. The fourth-order valence-electron chi connectivity index (χ4n) is 12.1. The molecule has 15 aromatic rings. The summed E-state index contributed by atoms with van der Waals surface area (Å²) in [6, 6.07) is 64.1. The third kappa shape index (κ3) is 4.79. The maximum absolute atomic E-state index is 5.90. The standard InChI is InChI=1S/C63H46N4/c1-62(2,3)38-25-27-53-46(31-38)47-29-35-16-10-13-21-42(35)56-49-34-54-57(64-61(49)67(53)59(47)56)50-30-36-17-11-12-20-41(36)55-48-33-39(63(4,5)6)32-44(58(48)66(54)60(50)55)37-24-26-52-45(28-37)43-22-14-15-23-51(43)65(52)40-18-8-7-9-19-40/h7-34H,1-6H3. The molecule has 0 radical (unpaired) electrons. The number of pyridine rings is 1. The molecule has 0 aliphatic carbocycles. The number of fused-ring (bicyclic) bond motifs is 19. The first kappa shape index (κ1) is 37.3. The van der Waals surface area contributed by atoms with Crippen molar-refractivity contribution in [1.82, 2.24) is 18.4 Å². The molecule has 9 aromatic carbocycles. The van der Waals surface area contributed by atoms with Gasteiger partial charge in [0.15, 0.2) is 0 Å². The molecule has 6 heterocycles. The van der Waals surface area contributed by atoms with Crippen LogP contribution in [0.15, 0.2) is 170 Å². The Morgan fingerprint density at radius 1 is 0.373 bits per heavy atom. The van der Waals surface area contributed by atoms with Gasteiger partial charge >= 0.3 is 0 Å². The van der Waals surface area contributed by atoms with E-state index in [0.29, 0.717) is 0 Å². The van der Waals surface area contributed by atoms with Crippen molar-refractivity contribution < 1.29 is 0 Å². The third-order valence-corrected chi connectivity index (χ3v) is 15.3. The second kappa shape index (κ2) is 12.5. The SMILES string of the molecule is CC(C)(C)c1ccc2c(c1)c1cc3ccccc3c3c4cc5c(nc4n2c13)c1cc2ccccc2c2c3cc(C(C)(C)C)cc(-c4ccc6c(c4)c4ccccc4n6-c4ccccc4)c3n5c12. The van der Waals surface area contributed by atoms with Gasteiger partial charge < -0.3 is 8.97 Å². The van der Waals surface area contributed by atoms with Gasteiger partial charge in [-0.1, -0.05) is 139 Å². The average Bonchev–Trinajstić information content (AvgIpc) is 4.12. The molecule has 6 aromatic heterocycles. The first-order valence-electron chi connectivity index (χ1n) is 23.7. The Morgan fingerprint density at radius 2 is 0.970 bits per heavy atom. The van der Waals surface area contributed by atoms with Crippen molar-refractivity contribution in [3.05, 3.63) is 181 Å².